The van der Waals surface area contributed by atoms with Crippen LogP contribution in [0.1, 0.15) is 43.5 Å². The minimum absolute atomic E-state index is 0.0124. The molecular weight excluding hydrogens is 274 g/mol. The molecule has 0 aromatic heterocycles. The second-order valence-corrected chi connectivity index (χ2v) is 5.74. The number of rotatable bonds is 7. The van der Waals surface area contributed by atoms with Crippen molar-refractivity contribution in [1.29, 1.82) is 0 Å². The van der Waals surface area contributed by atoms with E-state index in [-0.39, 0.29) is 23.1 Å². The summed E-state index contributed by atoms with van der Waals surface area (Å²) in [6.45, 7) is 4.24. The molecule has 6 nitrogen and oxygen atoms in total. The Morgan fingerprint density at radius 3 is 2.48 bits per heavy atom. The maximum atomic E-state index is 11.9. The van der Waals surface area contributed by atoms with Crippen LogP contribution in [0, 0.1) is 5.41 Å². The molecule has 0 heterocycles. The molecule has 0 aliphatic carbocycles. The van der Waals surface area contributed by atoms with Gasteiger partial charge < -0.3 is 20.6 Å². The Balaban J connectivity index is 2.50. The Kier molecular flexibility index (Phi) is 5.58. The average Bonchev–Trinajstić information content (AvgIpc) is 2.39. The van der Waals surface area contributed by atoms with Gasteiger partial charge in [-0.15, -0.1) is 0 Å². The van der Waals surface area contributed by atoms with Crippen LogP contribution in [-0.2, 0) is 4.79 Å². The highest BCUT2D eigenvalue weighted by molar-refractivity contribution is 5.97. The standard InChI is InChI=1S/C15H21NO5/c1-15(2,7-6-12(18)19)8-9-16-14(21)10-4-3-5-11(17)13(10)20/h3-5,17,20H,6-9H2,1-2H3,(H,16,21)(H,18,19). The van der Waals surface area contributed by atoms with E-state index in [2.05, 4.69) is 5.32 Å². The van der Waals surface area contributed by atoms with Crippen molar-refractivity contribution >= 4 is 11.9 Å². The molecule has 116 valence electrons. The number of amides is 1. The highest BCUT2D eigenvalue weighted by Crippen LogP contribution is 2.28. The van der Waals surface area contributed by atoms with Crippen LogP contribution in [0.5, 0.6) is 11.5 Å². The van der Waals surface area contributed by atoms with Gasteiger partial charge in [0.15, 0.2) is 11.5 Å². The highest BCUT2D eigenvalue weighted by atomic mass is 16.4. The van der Waals surface area contributed by atoms with Gasteiger partial charge in [0, 0.05) is 13.0 Å². The topological polar surface area (TPSA) is 107 Å². The van der Waals surface area contributed by atoms with Gasteiger partial charge in [-0.1, -0.05) is 19.9 Å². The number of phenolic OH excluding ortho intramolecular Hbond substituents is 2. The fraction of sp³-hybridized carbons (Fsp3) is 0.467. The first kappa shape index (κ1) is 16.8. The second kappa shape index (κ2) is 6.97. The van der Waals surface area contributed by atoms with E-state index in [1.165, 1.54) is 18.2 Å². The first-order valence-corrected chi connectivity index (χ1v) is 6.74. The maximum Gasteiger partial charge on any atom is 0.303 e. The van der Waals surface area contributed by atoms with Crippen molar-refractivity contribution in [3.05, 3.63) is 23.8 Å². The van der Waals surface area contributed by atoms with Crippen molar-refractivity contribution in [2.75, 3.05) is 6.54 Å². The first-order valence-electron chi connectivity index (χ1n) is 6.74. The monoisotopic (exact) mass is 295 g/mol. The summed E-state index contributed by atoms with van der Waals surface area (Å²) in [5.74, 6) is -2.10. The molecule has 1 amide bonds. The van der Waals surface area contributed by atoms with E-state index in [0.717, 1.165) is 0 Å². The van der Waals surface area contributed by atoms with Gasteiger partial charge in [-0.25, -0.2) is 0 Å². The van der Waals surface area contributed by atoms with E-state index in [9.17, 15) is 19.8 Å². The third kappa shape index (κ3) is 5.33. The number of hydrogen-bond acceptors (Lipinski definition) is 4. The molecule has 0 unspecified atom stereocenters. The molecule has 0 radical (unpaired) electrons. The number of carbonyl (C=O) groups excluding carboxylic acids is 1. The summed E-state index contributed by atoms with van der Waals surface area (Å²) >= 11 is 0. The molecule has 0 aliphatic heterocycles. The number of hydrogen-bond donors (Lipinski definition) is 4. The summed E-state index contributed by atoms with van der Waals surface area (Å²) in [6, 6.07) is 4.18. The summed E-state index contributed by atoms with van der Waals surface area (Å²) in [6.07, 6.45) is 1.23. The average molecular weight is 295 g/mol. The van der Waals surface area contributed by atoms with Crippen LogP contribution in [0.2, 0.25) is 0 Å². The van der Waals surface area contributed by atoms with Crippen molar-refractivity contribution in [2.24, 2.45) is 5.41 Å². The predicted octanol–water partition coefficient (Wildman–Crippen LogP) is 2.11. The molecular formula is C15H21NO5. The van der Waals surface area contributed by atoms with Gasteiger partial charge in [0.1, 0.15) is 0 Å². The summed E-state index contributed by atoms with van der Waals surface area (Å²) in [7, 11) is 0. The number of aliphatic carboxylic acids is 1. The fourth-order valence-corrected chi connectivity index (χ4v) is 1.89. The molecule has 0 atom stereocenters. The van der Waals surface area contributed by atoms with E-state index in [0.29, 0.717) is 19.4 Å². The molecule has 21 heavy (non-hydrogen) atoms. The van der Waals surface area contributed by atoms with Crippen LogP contribution in [-0.4, -0.2) is 33.7 Å². The summed E-state index contributed by atoms with van der Waals surface area (Å²) < 4.78 is 0. The zero-order valence-electron chi connectivity index (χ0n) is 12.2. The van der Waals surface area contributed by atoms with E-state index < -0.39 is 17.6 Å². The summed E-state index contributed by atoms with van der Waals surface area (Å²) in [4.78, 5) is 22.5. The molecule has 0 bridgehead atoms. The summed E-state index contributed by atoms with van der Waals surface area (Å²) in [5.41, 5.74) is -0.189. The number of phenols is 2. The third-order valence-electron chi connectivity index (χ3n) is 3.36. The molecule has 1 aromatic rings. The lowest BCUT2D eigenvalue weighted by molar-refractivity contribution is -0.137. The molecule has 1 rings (SSSR count). The van der Waals surface area contributed by atoms with Crippen LogP contribution in [0.15, 0.2) is 18.2 Å². The van der Waals surface area contributed by atoms with Crippen molar-refractivity contribution in [3.8, 4) is 11.5 Å². The SMILES string of the molecule is CC(C)(CCNC(=O)c1cccc(O)c1O)CCC(=O)O. The molecule has 1 aromatic carbocycles. The van der Waals surface area contributed by atoms with E-state index in [1.54, 1.807) is 0 Å². The van der Waals surface area contributed by atoms with E-state index in [4.69, 9.17) is 5.11 Å². The molecule has 0 spiro atoms. The molecule has 0 fully saturated rings. The lowest BCUT2D eigenvalue weighted by Gasteiger charge is -2.23. The highest BCUT2D eigenvalue weighted by Gasteiger charge is 2.20. The van der Waals surface area contributed by atoms with Crippen LogP contribution in [0.4, 0.5) is 0 Å². The second-order valence-electron chi connectivity index (χ2n) is 5.74. The number of aromatic hydroxyl groups is 2. The zero-order chi connectivity index (χ0) is 16.0. The predicted molar refractivity (Wildman–Crippen MR) is 77.4 cm³/mol. The minimum atomic E-state index is -0.836. The van der Waals surface area contributed by atoms with Gasteiger partial charge in [0.05, 0.1) is 5.56 Å². The van der Waals surface area contributed by atoms with Crippen LogP contribution < -0.4 is 5.32 Å². The van der Waals surface area contributed by atoms with Gasteiger partial charge in [-0.3, -0.25) is 9.59 Å². The molecule has 6 heteroatoms. The van der Waals surface area contributed by atoms with E-state index >= 15 is 0 Å². The zero-order valence-corrected chi connectivity index (χ0v) is 12.2. The normalized spacial score (nSPS) is 11.1. The molecule has 0 saturated heterocycles. The van der Waals surface area contributed by atoms with E-state index in [1.807, 2.05) is 13.8 Å². The van der Waals surface area contributed by atoms with Gasteiger partial charge >= 0.3 is 5.97 Å². The van der Waals surface area contributed by atoms with Crippen molar-refractivity contribution in [3.63, 3.8) is 0 Å². The molecule has 4 N–H and O–H groups in total. The van der Waals surface area contributed by atoms with Gasteiger partial charge in [0.2, 0.25) is 0 Å². The van der Waals surface area contributed by atoms with Gasteiger partial charge in [-0.2, -0.15) is 0 Å². The Morgan fingerprint density at radius 1 is 1.19 bits per heavy atom. The fourth-order valence-electron chi connectivity index (χ4n) is 1.89. The number of carbonyl (C=O) groups is 2. The molecule has 0 saturated carbocycles. The Labute approximate surface area is 123 Å². The maximum absolute atomic E-state index is 11.9. The van der Waals surface area contributed by atoms with Crippen molar-refractivity contribution in [1.82, 2.24) is 5.32 Å². The molecule has 0 aliphatic rings. The lowest BCUT2D eigenvalue weighted by atomic mass is 9.84. The number of para-hydroxylation sites is 1. The Bertz CT molecular complexity index is 525. The van der Waals surface area contributed by atoms with Crippen LogP contribution in [0.25, 0.3) is 0 Å². The largest absolute Gasteiger partial charge is 0.504 e. The number of carboxylic acid groups (broad SMARTS) is 1. The van der Waals surface area contributed by atoms with Crippen molar-refractivity contribution in [2.45, 2.75) is 33.1 Å². The Hall–Kier alpha value is -2.24. The smallest absolute Gasteiger partial charge is 0.303 e. The van der Waals surface area contributed by atoms with Gasteiger partial charge in [-0.05, 0) is 30.4 Å². The Morgan fingerprint density at radius 2 is 1.86 bits per heavy atom. The van der Waals surface area contributed by atoms with Crippen LogP contribution in [0.3, 0.4) is 0 Å². The number of nitrogens with one attached hydrogen (secondary N) is 1. The third-order valence-corrected chi connectivity index (χ3v) is 3.36. The number of benzene rings is 1. The minimum Gasteiger partial charge on any atom is -0.504 e. The number of carboxylic acids is 1. The first-order chi connectivity index (χ1) is 9.73. The van der Waals surface area contributed by atoms with Gasteiger partial charge in [0.25, 0.3) is 5.91 Å². The van der Waals surface area contributed by atoms with Crippen LogP contribution >= 0.6 is 0 Å². The lowest BCUT2D eigenvalue weighted by Crippen LogP contribution is -2.28. The quantitative estimate of drug-likeness (QED) is 0.576. The van der Waals surface area contributed by atoms with Crippen molar-refractivity contribution < 1.29 is 24.9 Å². The summed E-state index contributed by atoms with van der Waals surface area (Å²) in [5, 5.41) is 30.3.